The van der Waals surface area contributed by atoms with E-state index in [0.29, 0.717) is 0 Å². The molecule has 1 atom stereocenters. The number of benzene rings is 2. The molecule has 146 valence electrons. The lowest BCUT2D eigenvalue weighted by atomic mass is 10.1. The first-order chi connectivity index (χ1) is 12.3. The van der Waals surface area contributed by atoms with Crippen molar-refractivity contribution in [3.05, 3.63) is 65.5 Å². The number of nitrogens with two attached hydrogens (primary N) is 1. The van der Waals surface area contributed by atoms with E-state index in [1.54, 1.807) is 0 Å². The lowest BCUT2D eigenvalue weighted by molar-refractivity contribution is -0.304. The Labute approximate surface area is 153 Å². The second kappa shape index (κ2) is 7.19. The van der Waals surface area contributed by atoms with Gasteiger partial charge in [0.1, 0.15) is 11.6 Å². The molecule has 0 spiro atoms. The molecule has 27 heavy (non-hydrogen) atoms. The average molecular weight is 382 g/mol. The first-order valence-electron chi connectivity index (χ1n) is 7.60. The number of nitrogens with one attached hydrogen (secondary N) is 1. The maximum atomic E-state index is 13.2. The summed E-state index contributed by atoms with van der Waals surface area (Å²) in [5.41, 5.74) is 2.05. The molecule has 0 saturated carbocycles. The van der Waals surface area contributed by atoms with Crippen molar-refractivity contribution in [3.63, 3.8) is 0 Å². The minimum absolute atomic E-state index is 0.106. The molecule has 2 aromatic carbocycles. The smallest absolute Gasteiger partial charge is 0.351 e. The second-order valence-corrected chi connectivity index (χ2v) is 5.98. The van der Waals surface area contributed by atoms with Gasteiger partial charge in [-0.1, -0.05) is 6.07 Å². The van der Waals surface area contributed by atoms with Crippen molar-refractivity contribution in [2.75, 3.05) is 0 Å². The second-order valence-electron chi connectivity index (χ2n) is 5.98. The predicted octanol–water partition coefficient (Wildman–Crippen LogP) is -1.12. The van der Waals surface area contributed by atoms with E-state index in [1.807, 2.05) is 5.32 Å². The molecule has 1 amide bonds. The summed E-state index contributed by atoms with van der Waals surface area (Å²) in [7, 11) is 0. The topological polar surface area (TPSA) is 166 Å². The average Bonchev–Trinajstić information content (AvgIpc) is 2.54. The van der Waals surface area contributed by atoms with Gasteiger partial charge in [0.2, 0.25) is 0 Å². The Hall–Kier alpha value is -2.60. The number of halogens is 1. The van der Waals surface area contributed by atoms with Crippen LogP contribution in [-0.2, 0) is 16.7 Å². The Morgan fingerprint density at radius 2 is 1.63 bits per heavy atom. The zero-order chi connectivity index (χ0) is 20.5. The van der Waals surface area contributed by atoms with Crippen LogP contribution in [0.25, 0.3) is 0 Å². The van der Waals surface area contributed by atoms with Gasteiger partial charge < -0.3 is 36.0 Å². The third-order valence-corrected chi connectivity index (χ3v) is 3.62. The minimum atomic E-state index is -2.84. The van der Waals surface area contributed by atoms with Crippen LogP contribution in [0.3, 0.4) is 0 Å². The molecule has 0 fully saturated rings. The quantitative estimate of drug-likeness (QED) is 0.296. The molecular formula is C17H19FN2O7. The minimum Gasteiger partial charge on any atom is -0.436 e. The SMILES string of the molecule is C[C@](O)(NC(O)(O)c1ccc(OC(O)(O)c2cccc(F)c2)cc1)C(N)=O. The monoisotopic (exact) mass is 382 g/mol. The molecule has 0 heterocycles. The highest BCUT2D eigenvalue weighted by Gasteiger charge is 2.38. The van der Waals surface area contributed by atoms with Gasteiger partial charge in [0.05, 0.1) is 5.56 Å². The summed E-state index contributed by atoms with van der Waals surface area (Å²) in [5, 5.41) is 51.5. The van der Waals surface area contributed by atoms with E-state index in [0.717, 1.165) is 43.3 Å². The van der Waals surface area contributed by atoms with Gasteiger partial charge in [-0.3, -0.25) is 4.79 Å². The van der Waals surface area contributed by atoms with Crippen molar-refractivity contribution in [1.82, 2.24) is 5.32 Å². The maximum absolute atomic E-state index is 13.2. The standard InChI is InChI=1S/C17H19FN2O7/c1-15(22,14(19)21)20-16(23,24)10-5-7-13(8-6-10)27-17(25,26)11-3-2-4-12(18)9-11/h2-9,20,22-26H,1H3,(H2,19,21)/t15-/m1/s1. The zero-order valence-electron chi connectivity index (χ0n) is 14.1. The Balaban J connectivity index is 2.18. The van der Waals surface area contributed by atoms with Gasteiger partial charge in [0.15, 0.2) is 5.72 Å². The zero-order valence-corrected chi connectivity index (χ0v) is 14.1. The van der Waals surface area contributed by atoms with Crippen LogP contribution in [0.1, 0.15) is 18.1 Å². The van der Waals surface area contributed by atoms with E-state index < -0.39 is 29.3 Å². The molecule has 2 rings (SSSR count). The molecule has 8 N–H and O–H groups in total. The van der Waals surface area contributed by atoms with Crippen LogP contribution < -0.4 is 15.8 Å². The number of ether oxygens (including phenoxy) is 1. The van der Waals surface area contributed by atoms with Crippen molar-refractivity contribution in [2.24, 2.45) is 5.73 Å². The molecule has 0 radical (unpaired) electrons. The van der Waals surface area contributed by atoms with Crippen LogP contribution in [0.4, 0.5) is 4.39 Å². The highest BCUT2D eigenvalue weighted by atomic mass is 19.1. The summed E-state index contributed by atoms with van der Waals surface area (Å²) in [6.07, 6.45) is 0. The van der Waals surface area contributed by atoms with Crippen molar-refractivity contribution in [1.29, 1.82) is 0 Å². The molecule has 10 heteroatoms. The Morgan fingerprint density at radius 3 is 2.15 bits per heavy atom. The first kappa shape index (κ1) is 20.7. The lowest BCUT2D eigenvalue weighted by Gasteiger charge is -2.31. The number of hydrogen-bond donors (Lipinski definition) is 7. The Bertz CT molecular complexity index is 822. The van der Waals surface area contributed by atoms with Crippen molar-refractivity contribution in [3.8, 4) is 5.75 Å². The molecule has 0 saturated heterocycles. The highest BCUT2D eigenvalue weighted by Crippen LogP contribution is 2.26. The van der Waals surface area contributed by atoms with E-state index in [9.17, 15) is 34.7 Å². The number of primary amides is 1. The maximum Gasteiger partial charge on any atom is 0.351 e. The van der Waals surface area contributed by atoms with Crippen molar-refractivity contribution in [2.45, 2.75) is 24.5 Å². The Morgan fingerprint density at radius 1 is 1.04 bits per heavy atom. The van der Waals surface area contributed by atoms with Crippen molar-refractivity contribution < 1.29 is 39.5 Å². The number of hydrogen-bond acceptors (Lipinski definition) is 8. The normalized spacial score (nSPS) is 14.5. The fraction of sp³-hybridized carbons (Fsp3) is 0.235. The fourth-order valence-corrected chi connectivity index (χ4v) is 2.14. The van der Waals surface area contributed by atoms with Crippen molar-refractivity contribution >= 4 is 5.91 Å². The Kier molecular flexibility index (Phi) is 5.52. The van der Waals surface area contributed by atoms with Gasteiger partial charge in [-0.15, -0.1) is 0 Å². The largest absolute Gasteiger partial charge is 0.436 e. The molecule has 0 aromatic heterocycles. The summed E-state index contributed by atoms with van der Waals surface area (Å²) in [6, 6.07) is 9.01. The van der Waals surface area contributed by atoms with Crippen LogP contribution >= 0.6 is 0 Å². The third-order valence-electron chi connectivity index (χ3n) is 3.62. The number of carbonyl (C=O) groups is 1. The van der Waals surface area contributed by atoms with Gasteiger partial charge in [0, 0.05) is 5.56 Å². The highest BCUT2D eigenvalue weighted by molar-refractivity contribution is 5.82. The first-order valence-corrected chi connectivity index (χ1v) is 7.60. The van der Waals surface area contributed by atoms with Gasteiger partial charge in [-0.2, -0.15) is 0 Å². The van der Waals surface area contributed by atoms with Crippen LogP contribution in [0.5, 0.6) is 5.75 Å². The van der Waals surface area contributed by atoms with E-state index in [1.165, 1.54) is 12.1 Å². The number of carbonyl (C=O) groups excluding carboxylic acids is 1. The van der Waals surface area contributed by atoms with Gasteiger partial charge in [-0.25, -0.2) is 9.71 Å². The van der Waals surface area contributed by atoms with E-state index in [-0.39, 0.29) is 16.9 Å². The summed E-state index contributed by atoms with van der Waals surface area (Å²) in [5.74, 6) is -7.72. The third kappa shape index (κ3) is 4.98. The summed E-state index contributed by atoms with van der Waals surface area (Å²) >= 11 is 0. The molecule has 0 aliphatic heterocycles. The fourth-order valence-electron chi connectivity index (χ4n) is 2.14. The molecule has 0 bridgehead atoms. The summed E-state index contributed by atoms with van der Waals surface area (Å²) in [4.78, 5) is 11.1. The number of rotatable bonds is 7. The predicted molar refractivity (Wildman–Crippen MR) is 88.7 cm³/mol. The molecule has 9 nitrogen and oxygen atoms in total. The molecule has 0 aliphatic rings. The molecular weight excluding hydrogens is 363 g/mol. The molecule has 0 aliphatic carbocycles. The van der Waals surface area contributed by atoms with E-state index in [2.05, 4.69) is 0 Å². The molecule has 0 unspecified atom stereocenters. The van der Waals surface area contributed by atoms with Gasteiger partial charge in [0.25, 0.3) is 11.8 Å². The van der Waals surface area contributed by atoms with Gasteiger partial charge in [-0.05, 0) is 49.4 Å². The van der Waals surface area contributed by atoms with Crippen LogP contribution in [0.2, 0.25) is 0 Å². The van der Waals surface area contributed by atoms with E-state index in [4.69, 9.17) is 10.5 Å². The number of amides is 1. The number of aliphatic hydroxyl groups is 5. The van der Waals surface area contributed by atoms with Crippen LogP contribution in [0.15, 0.2) is 48.5 Å². The van der Waals surface area contributed by atoms with Crippen LogP contribution in [-0.4, -0.2) is 37.2 Å². The summed E-state index contributed by atoms with van der Waals surface area (Å²) in [6.45, 7) is 0.929. The molecule has 2 aromatic rings. The van der Waals surface area contributed by atoms with Crippen LogP contribution in [0, 0.1) is 5.82 Å². The van der Waals surface area contributed by atoms with E-state index >= 15 is 0 Å². The van der Waals surface area contributed by atoms with Gasteiger partial charge >= 0.3 is 5.97 Å². The summed E-state index contributed by atoms with van der Waals surface area (Å²) < 4.78 is 18.2. The lowest BCUT2D eigenvalue weighted by Crippen LogP contribution is -2.61.